The number of methoxy groups -OCH3 is 1. The number of carboxylic acids is 1. The quantitative estimate of drug-likeness (QED) is 0.113. The molecule has 0 bridgehead atoms. The first-order valence-corrected chi connectivity index (χ1v) is 11.3. The molecule has 0 spiro atoms. The van der Waals surface area contributed by atoms with Gasteiger partial charge in [-0.1, -0.05) is 34.8 Å². The van der Waals surface area contributed by atoms with E-state index in [1.807, 2.05) is 0 Å². The van der Waals surface area contributed by atoms with Gasteiger partial charge >= 0.3 is 41.5 Å². The van der Waals surface area contributed by atoms with Gasteiger partial charge in [0.1, 0.15) is 5.82 Å². The summed E-state index contributed by atoms with van der Waals surface area (Å²) < 4.78 is 67.1. The maximum Gasteiger partial charge on any atom is 1.00 e. The molecule has 0 aliphatic carbocycles. The number of aldehydes is 1. The fourth-order valence-electron chi connectivity index (χ4n) is 2.28. The molecule has 0 saturated heterocycles. The minimum atomic E-state index is -1.39. The van der Waals surface area contributed by atoms with E-state index in [9.17, 15) is 41.1 Å². The largest absolute Gasteiger partial charge is 1.00 e. The van der Waals surface area contributed by atoms with Crippen molar-refractivity contribution in [2.75, 3.05) is 14.2 Å². The van der Waals surface area contributed by atoms with Gasteiger partial charge in [-0.25, -0.2) is 31.5 Å². The van der Waals surface area contributed by atoms with Crippen molar-refractivity contribution in [2.24, 2.45) is 0 Å². The van der Waals surface area contributed by atoms with Crippen LogP contribution >= 0.6 is 46.4 Å². The Morgan fingerprint density at radius 1 is 0.732 bits per heavy atom. The molecule has 0 aliphatic rings. The van der Waals surface area contributed by atoms with Gasteiger partial charge in [-0.2, -0.15) is 7.11 Å². The number of halogens is 9. The summed E-state index contributed by atoms with van der Waals surface area (Å²) in [6, 6.07) is 4.48. The SMILES string of the molecule is COC(=O)c1cc(F)c(C=O)cc1Cl.C[O-].O=C(Cl)c1cc(F)c(F)cc1Cl.O=C(O)c1cc(F)c(F)cc1Cl.[Na+]. The number of ether oxygens (including phenoxy) is 1. The topological polar surface area (TPSA) is 121 Å². The van der Waals surface area contributed by atoms with E-state index in [1.165, 1.54) is 0 Å². The maximum absolute atomic E-state index is 13.0. The molecule has 1 N–H and O–H groups in total. The molecule has 0 radical (unpaired) electrons. The van der Waals surface area contributed by atoms with E-state index < -0.39 is 51.8 Å². The Labute approximate surface area is 271 Å². The second kappa shape index (κ2) is 19.8. The van der Waals surface area contributed by atoms with Gasteiger partial charge in [0, 0.05) is 0 Å². The van der Waals surface area contributed by atoms with Crippen molar-refractivity contribution in [1.29, 1.82) is 0 Å². The van der Waals surface area contributed by atoms with E-state index in [-0.39, 0.29) is 61.3 Å². The van der Waals surface area contributed by atoms with Crippen LogP contribution in [0, 0.1) is 29.1 Å². The summed E-state index contributed by atoms with van der Waals surface area (Å²) in [6.45, 7) is 0. The minimum absolute atomic E-state index is 0. The molecule has 0 fully saturated rings. The third-order valence-corrected chi connectivity index (χ3v) is 5.22. The summed E-state index contributed by atoms with van der Waals surface area (Å²) in [7, 11) is 1.91. The standard InChI is InChI=1S/C9H6ClFO3.C7H2Cl2F2O.C7H3ClF2O2.CH3O.Na/c1-14-9(13)6-3-8(11)5(4-12)2-7(6)10;8-4-2-6(11)5(10)1-3(4)7(9)12;8-4-2-6(10)5(9)1-3(4)7(11)12;1-2;/h2-4H,1H3;1-2H;1-2H,(H,11,12);1H3;/q;;;-1;+1. The van der Waals surface area contributed by atoms with E-state index in [0.29, 0.717) is 30.6 Å². The van der Waals surface area contributed by atoms with Gasteiger partial charge in [0.2, 0.25) is 0 Å². The van der Waals surface area contributed by atoms with Crippen molar-refractivity contribution in [2.45, 2.75) is 0 Å². The summed E-state index contributed by atoms with van der Waals surface area (Å²) in [5, 5.41) is 15.2. The van der Waals surface area contributed by atoms with Crippen LogP contribution in [-0.4, -0.2) is 42.8 Å². The van der Waals surface area contributed by atoms with Gasteiger partial charge in [0.25, 0.3) is 5.24 Å². The number of aromatic carboxylic acids is 1. The smallest absolute Gasteiger partial charge is 0.857 e. The Morgan fingerprint density at radius 2 is 1.10 bits per heavy atom. The minimum Gasteiger partial charge on any atom is -0.857 e. The molecule has 0 heterocycles. The molecule has 0 aromatic heterocycles. The molecule has 0 atom stereocenters. The van der Waals surface area contributed by atoms with Crippen LogP contribution in [-0.2, 0) is 4.74 Å². The van der Waals surface area contributed by atoms with Crippen molar-refractivity contribution in [3.63, 3.8) is 0 Å². The van der Waals surface area contributed by atoms with Crippen molar-refractivity contribution in [3.05, 3.63) is 103 Å². The second-order valence-electron chi connectivity index (χ2n) is 6.53. The van der Waals surface area contributed by atoms with Crippen LogP contribution < -0.4 is 34.7 Å². The number of hydrogen-bond donors (Lipinski definition) is 1. The molecular weight excluding hydrogens is 660 g/mol. The number of carboxylic acid groups (broad SMARTS) is 1. The predicted octanol–water partition coefficient (Wildman–Crippen LogP) is 3.37. The van der Waals surface area contributed by atoms with E-state index in [4.69, 9.17) is 56.6 Å². The fourth-order valence-corrected chi connectivity index (χ4v) is 3.20. The Morgan fingerprint density at radius 3 is 1.49 bits per heavy atom. The molecule has 0 saturated carbocycles. The average molecular weight is 674 g/mol. The molecule has 0 aliphatic heterocycles. The van der Waals surface area contributed by atoms with Gasteiger partial charge in [0.15, 0.2) is 29.6 Å². The maximum atomic E-state index is 13.0. The van der Waals surface area contributed by atoms with E-state index >= 15 is 0 Å². The Balaban J connectivity index is 0. The third kappa shape index (κ3) is 12.6. The van der Waals surface area contributed by atoms with E-state index in [1.54, 1.807) is 0 Å². The molecule has 7 nitrogen and oxygen atoms in total. The van der Waals surface area contributed by atoms with Crippen molar-refractivity contribution < 1.29 is 85.6 Å². The van der Waals surface area contributed by atoms with Crippen molar-refractivity contribution in [3.8, 4) is 0 Å². The van der Waals surface area contributed by atoms with Gasteiger partial charge in [-0.15, -0.1) is 0 Å². The molecule has 3 aromatic carbocycles. The summed E-state index contributed by atoms with van der Waals surface area (Å²) in [5.41, 5.74) is -0.979. The van der Waals surface area contributed by atoms with Gasteiger partial charge in [-0.3, -0.25) is 9.59 Å². The van der Waals surface area contributed by atoms with Gasteiger partial charge < -0.3 is 14.9 Å². The number of esters is 1. The molecule has 3 rings (SSSR count). The van der Waals surface area contributed by atoms with Crippen molar-refractivity contribution in [1.82, 2.24) is 0 Å². The van der Waals surface area contributed by atoms with Gasteiger partial charge in [-0.05, 0) is 48.0 Å². The van der Waals surface area contributed by atoms with E-state index in [2.05, 4.69) is 4.74 Å². The Kier molecular flexibility index (Phi) is 19.7. The zero-order valence-corrected chi connectivity index (χ0v) is 25.9. The second-order valence-corrected chi connectivity index (χ2v) is 8.10. The summed E-state index contributed by atoms with van der Waals surface area (Å²) in [4.78, 5) is 42.2. The number of rotatable bonds is 4. The Hall–Kier alpha value is -2.29. The molecule has 17 heteroatoms. The fraction of sp³-hybridized carbons (Fsp3) is 0.0833. The van der Waals surface area contributed by atoms with Crippen LogP contribution in [0.2, 0.25) is 15.1 Å². The molecule has 3 aromatic rings. The molecular formula is C24H14Cl4F5NaO7. The molecule has 216 valence electrons. The first kappa shape index (κ1) is 40.8. The predicted molar refractivity (Wildman–Crippen MR) is 134 cm³/mol. The first-order valence-electron chi connectivity index (χ1n) is 9.80. The summed E-state index contributed by atoms with van der Waals surface area (Å²) in [5.74, 6) is -7.58. The first-order chi connectivity index (χ1) is 18.6. The number of benzene rings is 3. The van der Waals surface area contributed by atoms with Gasteiger partial charge in [0.05, 0.1) is 44.4 Å². The Bertz CT molecular complexity index is 1340. The number of hydrogen-bond acceptors (Lipinski definition) is 6. The number of carbonyl (C=O) groups is 4. The normalized spacial score (nSPS) is 9.27. The van der Waals surface area contributed by atoms with Crippen LogP contribution in [0.5, 0.6) is 0 Å². The molecule has 0 unspecified atom stereocenters. The zero-order chi connectivity index (χ0) is 31.3. The van der Waals surface area contributed by atoms with Crippen LogP contribution in [0.15, 0.2) is 36.4 Å². The molecule has 41 heavy (non-hydrogen) atoms. The summed E-state index contributed by atoms with van der Waals surface area (Å²) in [6.07, 6.45) is 0.322. The van der Waals surface area contributed by atoms with Crippen molar-refractivity contribution >= 4 is 69.9 Å². The zero-order valence-electron chi connectivity index (χ0n) is 20.8. The number of carbonyl (C=O) groups excluding carboxylic acids is 3. The molecule has 0 amide bonds. The summed E-state index contributed by atoms with van der Waals surface area (Å²) >= 11 is 21.3. The average Bonchev–Trinajstić information content (AvgIpc) is 2.90. The van der Waals surface area contributed by atoms with Crippen LogP contribution in [0.25, 0.3) is 0 Å². The van der Waals surface area contributed by atoms with Crippen LogP contribution in [0.1, 0.15) is 41.4 Å². The third-order valence-electron chi connectivity index (χ3n) is 4.08. The monoisotopic (exact) mass is 672 g/mol. The van der Waals surface area contributed by atoms with E-state index in [0.717, 1.165) is 26.4 Å². The van der Waals surface area contributed by atoms with Crippen LogP contribution in [0.3, 0.4) is 0 Å². The van der Waals surface area contributed by atoms with Crippen LogP contribution in [0.4, 0.5) is 22.0 Å².